The monoisotopic (exact) mass is 318 g/mol. The number of rotatable bonds is 4. The predicted octanol–water partition coefficient (Wildman–Crippen LogP) is 3.30. The van der Waals surface area contributed by atoms with Gasteiger partial charge in [0.2, 0.25) is 0 Å². The van der Waals surface area contributed by atoms with Crippen LogP contribution in [0.25, 0.3) is 0 Å². The van der Waals surface area contributed by atoms with Gasteiger partial charge in [0.1, 0.15) is 0 Å². The average Bonchev–Trinajstić information content (AvgIpc) is 2.47. The summed E-state index contributed by atoms with van der Waals surface area (Å²) in [4.78, 5) is 12.1. The number of anilines is 2. The van der Waals surface area contributed by atoms with Gasteiger partial charge in [-0.25, -0.2) is 13.2 Å². The molecule has 0 saturated heterocycles. The number of benzene rings is 2. The zero-order chi connectivity index (χ0) is 16.2. The van der Waals surface area contributed by atoms with Gasteiger partial charge in [0.15, 0.2) is 9.84 Å². The maximum Gasteiger partial charge on any atom is 0.323 e. The van der Waals surface area contributed by atoms with Gasteiger partial charge in [-0.05, 0) is 48.4 Å². The number of carbonyl (C=O) groups is 1. The molecule has 0 fully saturated rings. The van der Waals surface area contributed by atoms with E-state index in [9.17, 15) is 13.2 Å². The molecule has 2 aromatic rings. The highest BCUT2D eigenvalue weighted by Crippen LogP contribution is 2.15. The zero-order valence-electron chi connectivity index (χ0n) is 12.5. The lowest BCUT2D eigenvalue weighted by atomic mass is 10.1. The van der Waals surface area contributed by atoms with Gasteiger partial charge >= 0.3 is 6.03 Å². The molecule has 6 heteroatoms. The van der Waals surface area contributed by atoms with Crippen LogP contribution in [-0.2, 0) is 16.3 Å². The average molecular weight is 318 g/mol. The minimum Gasteiger partial charge on any atom is -0.308 e. The molecule has 22 heavy (non-hydrogen) atoms. The molecule has 2 rings (SSSR count). The lowest BCUT2D eigenvalue weighted by Gasteiger charge is -2.08. The summed E-state index contributed by atoms with van der Waals surface area (Å²) in [6, 6.07) is 13.2. The summed E-state index contributed by atoms with van der Waals surface area (Å²) in [6.45, 7) is 2.06. The molecule has 5 nitrogen and oxygen atoms in total. The van der Waals surface area contributed by atoms with Gasteiger partial charge in [0, 0.05) is 17.6 Å². The van der Waals surface area contributed by atoms with Crippen LogP contribution in [0.2, 0.25) is 0 Å². The Morgan fingerprint density at radius 3 is 1.77 bits per heavy atom. The Bertz CT molecular complexity index is 751. The minimum absolute atomic E-state index is 0.216. The van der Waals surface area contributed by atoms with Crippen molar-refractivity contribution in [3.63, 3.8) is 0 Å². The first-order valence-electron chi connectivity index (χ1n) is 6.85. The molecule has 116 valence electrons. The van der Waals surface area contributed by atoms with E-state index in [0.29, 0.717) is 11.4 Å². The zero-order valence-corrected chi connectivity index (χ0v) is 13.3. The van der Waals surface area contributed by atoms with Gasteiger partial charge in [-0.3, -0.25) is 0 Å². The number of hydrogen-bond acceptors (Lipinski definition) is 3. The quantitative estimate of drug-likeness (QED) is 0.908. The van der Waals surface area contributed by atoms with E-state index >= 15 is 0 Å². The van der Waals surface area contributed by atoms with Gasteiger partial charge < -0.3 is 10.6 Å². The van der Waals surface area contributed by atoms with E-state index in [1.54, 1.807) is 12.1 Å². The van der Waals surface area contributed by atoms with E-state index in [1.165, 1.54) is 17.7 Å². The van der Waals surface area contributed by atoms with Crippen molar-refractivity contribution in [2.75, 3.05) is 16.9 Å². The van der Waals surface area contributed by atoms with Crippen molar-refractivity contribution >= 4 is 27.2 Å². The summed E-state index contributed by atoms with van der Waals surface area (Å²) >= 11 is 0. The van der Waals surface area contributed by atoms with E-state index in [1.807, 2.05) is 24.3 Å². The molecule has 2 aromatic carbocycles. The molecule has 0 aliphatic rings. The normalized spacial score (nSPS) is 11.0. The Hall–Kier alpha value is -2.34. The van der Waals surface area contributed by atoms with Gasteiger partial charge in [-0.2, -0.15) is 0 Å². The van der Waals surface area contributed by atoms with Crippen LogP contribution < -0.4 is 10.6 Å². The molecule has 0 spiro atoms. The highest BCUT2D eigenvalue weighted by atomic mass is 32.2. The van der Waals surface area contributed by atoms with Crippen LogP contribution in [0.5, 0.6) is 0 Å². The fraction of sp³-hybridized carbons (Fsp3) is 0.188. The largest absolute Gasteiger partial charge is 0.323 e. The standard InChI is InChI=1S/C16H18N2O3S/c1-3-12-4-6-13(7-5-12)17-16(19)18-14-8-10-15(11-9-14)22(2,20)21/h4-11H,3H2,1-2H3,(H2,17,18,19). The molecule has 0 unspecified atom stereocenters. The Balaban J connectivity index is 1.99. The van der Waals surface area contributed by atoms with Crippen LogP contribution in [0.15, 0.2) is 53.4 Å². The molecule has 2 amide bonds. The molecule has 0 atom stereocenters. The maximum absolute atomic E-state index is 11.9. The number of amides is 2. The van der Waals surface area contributed by atoms with Gasteiger partial charge in [0.05, 0.1) is 4.90 Å². The van der Waals surface area contributed by atoms with Crippen LogP contribution in [0.3, 0.4) is 0 Å². The third kappa shape index (κ3) is 4.33. The SMILES string of the molecule is CCc1ccc(NC(=O)Nc2ccc(S(C)(=O)=O)cc2)cc1. The van der Waals surface area contributed by atoms with Crippen molar-refractivity contribution in [2.24, 2.45) is 0 Å². The first-order chi connectivity index (χ1) is 10.4. The number of sulfone groups is 1. The summed E-state index contributed by atoms with van der Waals surface area (Å²) in [7, 11) is -3.23. The van der Waals surface area contributed by atoms with Crippen LogP contribution >= 0.6 is 0 Å². The molecule has 2 N–H and O–H groups in total. The van der Waals surface area contributed by atoms with Gasteiger partial charge in [-0.1, -0.05) is 19.1 Å². The second-order valence-electron chi connectivity index (χ2n) is 4.93. The molecule has 0 bridgehead atoms. The van der Waals surface area contributed by atoms with E-state index in [0.717, 1.165) is 12.7 Å². The molecule has 0 saturated carbocycles. The first kappa shape index (κ1) is 16.0. The number of hydrogen-bond donors (Lipinski definition) is 2. The topological polar surface area (TPSA) is 75.3 Å². The fourth-order valence-electron chi connectivity index (χ4n) is 1.90. The second kappa shape index (κ2) is 6.62. The Labute approximate surface area is 130 Å². The van der Waals surface area contributed by atoms with Crippen molar-refractivity contribution in [1.82, 2.24) is 0 Å². The predicted molar refractivity (Wildman–Crippen MR) is 88.0 cm³/mol. The molecule has 0 aliphatic heterocycles. The molecule has 0 heterocycles. The van der Waals surface area contributed by atoms with Gasteiger partial charge in [-0.15, -0.1) is 0 Å². The van der Waals surface area contributed by atoms with Gasteiger partial charge in [0.25, 0.3) is 0 Å². The van der Waals surface area contributed by atoms with Crippen molar-refractivity contribution < 1.29 is 13.2 Å². The lowest BCUT2D eigenvalue weighted by molar-refractivity contribution is 0.262. The maximum atomic E-state index is 11.9. The minimum atomic E-state index is -3.23. The van der Waals surface area contributed by atoms with Crippen molar-refractivity contribution in [3.05, 3.63) is 54.1 Å². The summed E-state index contributed by atoms with van der Waals surface area (Å²) < 4.78 is 22.7. The molecule has 0 aliphatic carbocycles. The number of urea groups is 1. The number of aryl methyl sites for hydroxylation is 1. The highest BCUT2D eigenvalue weighted by Gasteiger charge is 2.07. The third-order valence-corrected chi connectivity index (χ3v) is 4.29. The fourth-order valence-corrected chi connectivity index (χ4v) is 2.53. The van der Waals surface area contributed by atoms with E-state index in [2.05, 4.69) is 17.6 Å². The summed E-state index contributed by atoms with van der Waals surface area (Å²) in [5, 5.41) is 5.37. The smallest absolute Gasteiger partial charge is 0.308 e. The Kier molecular flexibility index (Phi) is 4.82. The number of nitrogens with one attached hydrogen (secondary N) is 2. The van der Waals surface area contributed by atoms with E-state index in [-0.39, 0.29) is 10.9 Å². The lowest BCUT2D eigenvalue weighted by Crippen LogP contribution is -2.19. The van der Waals surface area contributed by atoms with E-state index < -0.39 is 9.84 Å². The third-order valence-electron chi connectivity index (χ3n) is 3.16. The van der Waals surface area contributed by atoms with Crippen LogP contribution in [0.4, 0.5) is 16.2 Å². The molecule has 0 aromatic heterocycles. The van der Waals surface area contributed by atoms with Crippen molar-refractivity contribution in [1.29, 1.82) is 0 Å². The summed E-state index contributed by atoms with van der Waals surface area (Å²) in [5.74, 6) is 0. The van der Waals surface area contributed by atoms with Crippen LogP contribution in [0, 0.1) is 0 Å². The highest BCUT2D eigenvalue weighted by molar-refractivity contribution is 7.90. The van der Waals surface area contributed by atoms with Crippen LogP contribution in [-0.4, -0.2) is 20.7 Å². The Morgan fingerprint density at radius 2 is 1.36 bits per heavy atom. The first-order valence-corrected chi connectivity index (χ1v) is 8.74. The number of carbonyl (C=O) groups excluding carboxylic acids is 1. The molecular formula is C16H18N2O3S. The van der Waals surface area contributed by atoms with Crippen LogP contribution in [0.1, 0.15) is 12.5 Å². The summed E-state index contributed by atoms with van der Waals surface area (Å²) in [5.41, 5.74) is 2.42. The second-order valence-corrected chi connectivity index (χ2v) is 6.94. The van der Waals surface area contributed by atoms with Crippen molar-refractivity contribution in [2.45, 2.75) is 18.2 Å². The molecular weight excluding hydrogens is 300 g/mol. The Morgan fingerprint density at radius 1 is 0.909 bits per heavy atom. The molecule has 0 radical (unpaired) electrons. The van der Waals surface area contributed by atoms with E-state index in [4.69, 9.17) is 0 Å². The van der Waals surface area contributed by atoms with Crippen molar-refractivity contribution in [3.8, 4) is 0 Å². The summed E-state index contributed by atoms with van der Waals surface area (Å²) in [6.07, 6.45) is 2.08.